The van der Waals surface area contributed by atoms with Gasteiger partial charge < -0.3 is 5.32 Å². The topological polar surface area (TPSA) is 58.2 Å². The average Bonchev–Trinajstić information content (AvgIpc) is 2.29. The summed E-state index contributed by atoms with van der Waals surface area (Å²) in [5, 5.41) is 3.30. The van der Waals surface area contributed by atoms with E-state index in [1.165, 1.54) is 0 Å². The lowest BCUT2D eigenvalue weighted by Crippen LogP contribution is -2.46. The first-order valence-electron chi connectivity index (χ1n) is 5.98. The molecule has 1 aliphatic rings. The first-order chi connectivity index (χ1) is 8.47. The summed E-state index contributed by atoms with van der Waals surface area (Å²) in [7, 11) is -3.40. The fourth-order valence-corrected chi connectivity index (χ4v) is 3.69. The highest BCUT2D eigenvalue weighted by Crippen LogP contribution is 2.17. The first kappa shape index (κ1) is 14.0. The molecule has 0 aromatic heterocycles. The maximum absolute atomic E-state index is 12.2. The Labute approximate surface area is 116 Å². The predicted octanol–water partition coefficient (Wildman–Crippen LogP) is 1.87. The van der Waals surface area contributed by atoms with Crippen molar-refractivity contribution in [3.63, 3.8) is 0 Å². The maximum atomic E-state index is 12.2. The van der Waals surface area contributed by atoms with Crippen LogP contribution in [0.4, 0.5) is 0 Å². The van der Waals surface area contributed by atoms with Crippen LogP contribution < -0.4 is 10.0 Å². The van der Waals surface area contributed by atoms with Gasteiger partial charge in [0.15, 0.2) is 0 Å². The molecule has 1 aromatic rings. The average molecular weight is 333 g/mol. The molecule has 1 heterocycles. The summed E-state index contributed by atoms with van der Waals surface area (Å²) < 4.78 is 28.0. The summed E-state index contributed by atoms with van der Waals surface area (Å²) in [4.78, 5) is 0.317. The Morgan fingerprint density at radius 2 is 2.00 bits per heavy atom. The summed E-state index contributed by atoms with van der Waals surface area (Å²) in [6.45, 7) is 2.93. The molecule has 0 spiro atoms. The van der Waals surface area contributed by atoms with Crippen LogP contribution in [0.15, 0.2) is 33.6 Å². The van der Waals surface area contributed by atoms with Crippen molar-refractivity contribution in [3.8, 4) is 0 Å². The summed E-state index contributed by atoms with van der Waals surface area (Å²) in [5.41, 5.74) is 0. The zero-order valence-electron chi connectivity index (χ0n) is 10.2. The van der Waals surface area contributed by atoms with Crippen LogP contribution in [-0.4, -0.2) is 27.0 Å². The zero-order chi connectivity index (χ0) is 13.2. The van der Waals surface area contributed by atoms with E-state index in [4.69, 9.17) is 0 Å². The van der Waals surface area contributed by atoms with Gasteiger partial charge in [0.05, 0.1) is 4.90 Å². The van der Waals surface area contributed by atoms with Crippen molar-refractivity contribution >= 4 is 26.0 Å². The van der Waals surface area contributed by atoms with Gasteiger partial charge in [-0.2, -0.15) is 0 Å². The lowest BCUT2D eigenvalue weighted by molar-refractivity contribution is 0.361. The molecular formula is C12H17BrN2O2S. The normalized spacial score (nSPS) is 25.0. The number of nitrogens with one attached hydrogen (secondary N) is 2. The molecule has 4 nitrogen and oxygen atoms in total. The molecule has 2 rings (SSSR count). The second-order valence-corrected chi connectivity index (χ2v) is 7.28. The lowest BCUT2D eigenvalue weighted by Gasteiger charge is -2.28. The molecule has 0 radical (unpaired) electrons. The van der Waals surface area contributed by atoms with Gasteiger partial charge in [-0.25, -0.2) is 13.1 Å². The van der Waals surface area contributed by atoms with E-state index in [9.17, 15) is 8.42 Å². The maximum Gasteiger partial charge on any atom is 0.240 e. The summed E-state index contributed by atoms with van der Waals surface area (Å²) >= 11 is 3.30. The summed E-state index contributed by atoms with van der Waals surface area (Å²) in [6, 6.07) is 7.07. The molecule has 1 saturated heterocycles. The monoisotopic (exact) mass is 332 g/mol. The van der Waals surface area contributed by atoms with E-state index >= 15 is 0 Å². The highest BCUT2D eigenvalue weighted by molar-refractivity contribution is 9.10. The highest BCUT2D eigenvalue weighted by Gasteiger charge is 2.24. The van der Waals surface area contributed by atoms with E-state index in [2.05, 4.69) is 32.9 Å². The van der Waals surface area contributed by atoms with E-state index in [1.807, 2.05) is 0 Å². The Morgan fingerprint density at radius 3 is 2.61 bits per heavy atom. The van der Waals surface area contributed by atoms with Gasteiger partial charge in [-0.05, 0) is 50.6 Å². The van der Waals surface area contributed by atoms with E-state index in [1.54, 1.807) is 24.3 Å². The van der Waals surface area contributed by atoms with Gasteiger partial charge in [-0.15, -0.1) is 0 Å². The number of benzene rings is 1. The molecule has 1 aliphatic heterocycles. The third kappa shape index (κ3) is 3.54. The van der Waals surface area contributed by atoms with Crippen molar-refractivity contribution in [2.24, 2.45) is 0 Å². The quantitative estimate of drug-likeness (QED) is 0.888. The second kappa shape index (κ2) is 5.69. The number of rotatable bonds is 3. The van der Waals surface area contributed by atoms with Crippen molar-refractivity contribution in [2.45, 2.75) is 36.7 Å². The first-order valence-corrected chi connectivity index (χ1v) is 8.26. The smallest absolute Gasteiger partial charge is 0.240 e. The van der Waals surface area contributed by atoms with Gasteiger partial charge in [0.2, 0.25) is 10.0 Å². The van der Waals surface area contributed by atoms with Crippen LogP contribution in [0.1, 0.15) is 19.8 Å². The SMILES string of the molecule is CC1CC(NS(=O)(=O)c2ccc(Br)cc2)CCN1. The Bertz CT molecular complexity index is 501. The van der Waals surface area contributed by atoms with Gasteiger partial charge in [0, 0.05) is 16.6 Å². The molecule has 18 heavy (non-hydrogen) atoms. The zero-order valence-corrected chi connectivity index (χ0v) is 12.6. The summed E-state index contributed by atoms with van der Waals surface area (Å²) in [5.74, 6) is 0. The minimum atomic E-state index is -3.40. The molecular weight excluding hydrogens is 316 g/mol. The van der Waals surface area contributed by atoms with Gasteiger partial charge in [0.1, 0.15) is 0 Å². The Balaban J connectivity index is 2.09. The van der Waals surface area contributed by atoms with E-state index < -0.39 is 10.0 Å². The molecule has 2 N–H and O–H groups in total. The number of hydrogen-bond donors (Lipinski definition) is 2. The molecule has 100 valence electrons. The molecule has 0 bridgehead atoms. The molecule has 6 heteroatoms. The van der Waals surface area contributed by atoms with E-state index in [0.717, 1.165) is 23.9 Å². The minimum absolute atomic E-state index is 0.0231. The standard InChI is InChI=1S/C12H17BrN2O2S/c1-9-8-11(6-7-14-9)15-18(16,17)12-4-2-10(13)3-5-12/h2-5,9,11,14-15H,6-8H2,1H3. The fourth-order valence-electron chi connectivity index (χ4n) is 2.14. The van der Waals surface area contributed by atoms with Crippen LogP contribution in [0.25, 0.3) is 0 Å². The Hall–Kier alpha value is -0.430. The fraction of sp³-hybridized carbons (Fsp3) is 0.500. The van der Waals surface area contributed by atoms with Crippen LogP contribution in [0.5, 0.6) is 0 Å². The van der Waals surface area contributed by atoms with Gasteiger partial charge >= 0.3 is 0 Å². The van der Waals surface area contributed by atoms with Crippen LogP contribution in [-0.2, 0) is 10.0 Å². The third-order valence-corrected chi connectivity index (χ3v) is 5.13. The van der Waals surface area contributed by atoms with Crippen molar-refractivity contribution < 1.29 is 8.42 Å². The molecule has 2 atom stereocenters. The van der Waals surface area contributed by atoms with Crippen LogP contribution in [0.3, 0.4) is 0 Å². The van der Waals surface area contributed by atoms with Crippen LogP contribution in [0, 0.1) is 0 Å². The van der Waals surface area contributed by atoms with Crippen molar-refractivity contribution in [1.82, 2.24) is 10.0 Å². The molecule has 0 aliphatic carbocycles. The Kier molecular flexibility index (Phi) is 4.42. The minimum Gasteiger partial charge on any atom is -0.314 e. The summed E-state index contributed by atoms with van der Waals surface area (Å²) in [6.07, 6.45) is 1.66. The molecule has 1 fully saturated rings. The molecule has 2 unspecified atom stereocenters. The molecule has 0 amide bonds. The predicted molar refractivity (Wildman–Crippen MR) is 75.0 cm³/mol. The van der Waals surface area contributed by atoms with Gasteiger partial charge in [0.25, 0.3) is 0 Å². The lowest BCUT2D eigenvalue weighted by atomic mass is 10.0. The van der Waals surface area contributed by atoms with Crippen LogP contribution in [0.2, 0.25) is 0 Å². The molecule has 1 aromatic carbocycles. The van der Waals surface area contributed by atoms with Crippen molar-refractivity contribution in [2.75, 3.05) is 6.54 Å². The van der Waals surface area contributed by atoms with Gasteiger partial charge in [-0.3, -0.25) is 0 Å². The number of halogens is 1. The van der Waals surface area contributed by atoms with E-state index in [0.29, 0.717) is 10.9 Å². The second-order valence-electron chi connectivity index (χ2n) is 4.65. The third-order valence-electron chi connectivity index (χ3n) is 3.07. The van der Waals surface area contributed by atoms with Crippen molar-refractivity contribution in [3.05, 3.63) is 28.7 Å². The molecule has 0 saturated carbocycles. The van der Waals surface area contributed by atoms with E-state index in [-0.39, 0.29) is 6.04 Å². The van der Waals surface area contributed by atoms with Crippen molar-refractivity contribution in [1.29, 1.82) is 0 Å². The largest absolute Gasteiger partial charge is 0.314 e. The Morgan fingerprint density at radius 1 is 1.33 bits per heavy atom. The number of hydrogen-bond acceptors (Lipinski definition) is 3. The highest BCUT2D eigenvalue weighted by atomic mass is 79.9. The number of piperidine rings is 1. The van der Waals surface area contributed by atoms with Crippen LogP contribution >= 0.6 is 15.9 Å². The number of sulfonamides is 1. The van der Waals surface area contributed by atoms with Gasteiger partial charge in [-0.1, -0.05) is 15.9 Å².